The second kappa shape index (κ2) is 11.0. The molecule has 3 heteroatoms. The van der Waals surface area contributed by atoms with Gasteiger partial charge in [0.25, 0.3) is 0 Å². The Morgan fingerprint density at radius 1 is 0.535 bits per heavy atom. The summed E-state index contributed by atoms with van der Waals surface area (Å²) in [4.78, 5) is 10.6. The van der Waals surface area contributed by atoms with Crippen LogP contribution < -0.4 is 0 Å². The van der Waals surface area contributed by atoms with E-state index in [0.29, 0.717) is 11.8 Å². The van der Waals surface area contributed by atoms with Gasteiger partial charge in [-0.25, -0.2) is 9.97 Å². The second-order valence-corrected chi connectivity index (χ2v) is 11.9. The minimum atomic E-state index is 0.420. The Kier molecular flexibility index (Phi) is 6.87. The monoisotopic (exact) mass is 557 g/mol. The van der Waals surface area contributed by atoms with Gasteiger partial charge < -0.3 is 0 Å². The van der Waals surface area contributed by atoms with E-state index < -0.39 is 0 Å². The fourth-order valence-electron chi connectivity index (χ4n) is 5.99. The van der Waals surface area contributed by atoms with Gasteiger partial charge in [0.2, 0.25) is 0 Å². The van der Waals surface area contributed by atoms with Crippen molar-refractivity contribution in [2.75, 3.05) is 0 Å². The highest BCUT2D eigenvalue weighted by Crippen LogP contribution is 2.37. The first-order valence-electron chi connectivity index (χ1n) is 15.2. The SMILES string of the molecule is CC(C)c1cc(C(C)C)cc(-n2c(-c3ccccc3)nc3c(-c4cccc(-c5cccc6ccccc56)n4)cccc32)c1. The minimum absolute atomic E-state index is 0.420. The van der Waals surface area contributed by atoms with Crippen LogP contribution in [0.5, 0.6) is 0 Å². The molecule has 2 aromatic heterocycles. The van der Waals surface area contributed by atoms with Crippen LogP contribution in [0.2, 0.25) is 0 Å². The highest BCUT2D eigenvalue weighted by atomic mass is 15.1. The minimum Gasteiger partial charge on any atom is -0.292 e. The van der Waals surface area contributed by atoms with Crippen molar-refractivity contribution >= 4 is 21.8 Å². The highest BCUT2D eigenvalue weighted by Gasteiger charge is 2.20. The Morgan fingerprint density at radius 3 is 1.88 bits per heavy atom. The smallest absolute Gasteiger partial charge is 0.145 e. The summed E-state index contributed by atoms with van der Waals surface area (Å²) in [5.74, 6) is 1.77. The molecule has 7 aromatic rings. The fourth-order valence-corrected chi connectivity index (χ4v) is 5.99. The van der Waals surface area contributed by atoms with Gasteiger partial charge in [0, 0.05) is 22.4 Å². The maximum Gasteiger partial charge on any atom is 0.145 e. The first kappa shape index (κ1) is 26.9. The molecule has 0 saturated heterocycles. The lowest BCUT2D eigenvalue weighted by atomic mass is 9.94. The van der Waals surface area contributed by atoms with Crippen molar-refractivity contribution in [3.05, 3.63) is 139 Å². The van der Waals surface area contributed by atoms with Crippen molar-refractivity contribution in [3.63, 3.8) is 0 Å². The molecule has 0 atom stereocenters. The van der Waals surface area contributed by atoms with Crippen LogP contribution in [0.25, 0.3) is 61.4 Å². The van der Waals surface area contributed by atoms with Gasteiger partial charge in [-0.05, 0) is 64.1 Å². The summed E-state index contributed by atoms with van der Waals surface area (Å²) in [6, 6.07) is 45.2. The molecule has 3 nitrogen and oxygen atoms in total. The number of fused-ring (bicyclic) bond motifs is 2. The average molecular weight is 558 g/mol. The number of imidazole rings is 1. The molecule has 0 saturated carbocycles. The summed E-state index contributed by atoms with van der Waals surface area (Å²) >= 11 is 0. The Hall–Kier alpha value is -5.02. The Labute approximate surface area is 253 Å². The van der Waals surface area contributed by atoms with Crippen LogP contribution in [0, 0.1) is 0 Å². The first-order chi connectivity index (χ1) is 21.0. The molecule has 0 spiro atoms. The zero-order valence-electron chi connectivity index (χ0n) is 25.1. The number of pyridine rings is 1. The zero-order chi connectivity index (χ0) is 29.5. The van der Waals surface area contributed by atoms with Gasteiger partial charge in [-0.1, -0.05) is 125 Å². The molecule has 0 unspecified atom stereocenters. The van der Waals surface area contributed by atoms with E-state index in [4.69, 9.17) is 9.97 Å². The van der Waals surface area contributed by atoms with E-state index in [-0.39, 0.29) is 0 Å². The molecular weight excluding hydrogens is 522 g/mol. The van der Waals surface area contributed by atoms with Gasteiger partial charge in [0.1, 0.15) is 5.82 Å². The summed E-state index contributed by atoms with van der Waals surface area (Å²) in [5, 5.41) is 2.42. The van der Waals surface area contributed by atoms with Crippen LogP contribution in [-0.2, 0) is 0 Å². The molecule has 2 heterocycles. The third kappa shape index (κ3) is 4.91. The van der Waals surface area contributed by atoms with Crippen LogP contribution >= 0.6 is 0 Å². The van der Waals surface area contributed by atoms with E-state index in [1.807, 2.05) is 0 Å². The standard InChI is InChI=1S/C40H35N3/c1-26(2)30-23-31(27(3)4)25-32(24-30)43-38-22-11-19-35(39(38)42-40(43)29-14-6-5-7-15-29)37-21-12-20-36(41-37)34-18-10-16-28-13-8-9-17-33(28)34/h5-27H,1-4H3. The molecule has 0 bridgehead atoms. The quantitative estimate of drug-likeness (QED) is 0.204. The average Bonchev–Trinajstić information content (AvgIpc) is 3.45. The zero-order valence-corrected chi connectivity index (χ0v) is 25.1. The van der Waals surface area contributed by atoms with Crippen LogP contribution in [0.1, 0.15) is 50.7 Å². The molecule has 5 aromatic carbocycles. The van der Waals surface area contributed by atoms with Gasteiger partial charge in [0.05, 0.1) is 22.4 Å². The summed E-state index contributed by atoms with van der Waals surface area (Å²) in [6.07, 6.45) is 0. The number of nitrogens with zero attached hydrogens (tertiary/aromatic N) is 3. The molecule has 210 valence electrons. The molecule has 0 aliphatic heterocycles. The second-order valence-electron chi connectivity index (χ2n) is 11.9. The molecule has 7 rings (SSSR count). The van der Waals surface area contributed by atoms with E-state index >= 15 is 0 Å². The van der Waals surface area contributed by atoms with E-state index in [1.54, 1.807) is 0 Å². The van der Waals surface area contributed by atoms with Crippen molar-refractivity contribution in [2.24, 2.45) is 0 Å². The molecule has 0 amide bonds. The summed E-state index contributed by atoms with van der Waals surface area (Å²) < 4.78 is 2.33. The molecular formula is C40H35N3. The van der Waals surface area contributed by atoms with E-state index in [9.17, 15) is 0 Å². The maximum absolute atomic E-state index is 5.36. The van der Waals surface area contributed by atoms with E-state index in [0.717, 1.165) is 50.6 Å². The Bertz CT molecular complexity index is 2050. The van der Waals surface area contributed by atoms with Crippen LogP contribution in [-0.4, -0.2) is 14.5 Å². The van der Waals surface area contributed by atoms with Gasteiger partial charge in [-0.2, -0.15) is 0 Å². The Balaban J connectivity index is 1.47. The molecule has 43 heavy (non-hydrogen) atoms. The number of rotatable bonds is 6. The lowest BCUT2D eigenvalue weighted by molar-refractivity contribution is 0.829. The van der Waals surface area contributed by atoms with Crippen LogP contribution in [0.3, 0.4) is 0 Å². The molecule has 0 aliphatic carbocycles. The van der Waals surface area contributed by atoms with Crippen molar-refractivity contribution in [1.82, 2.24) is 14.5 Å². The predicted molar refractivity (Wildman–Crippen MR) is 181 cm³/mol. The topological polar surface area (TPSA) is 30.7 Å². The number of benzene rings is 5. The molecule has 0 aliphatic rings. The van der Waals surface area contributed by atoms with E-state index in [2.05, 4.69) is 160 Å². The van der Waals surface area contributed by atoms with Crippen molar-refractivity contribution in [3.8, 4) is 39.6 Å². The molecule has 0 N–H and O–H groups in total. The van der Waals surface area contributed by atoms with Crippen molar-refractivity contribution < 1.29 is 0 Å². The van der Waals surface area contributed by atoms with Crippen LogP contribution in [0.4, 0.5) is 0 Å². The van der Waals surface area contributed by atoms with Gasteiger partial charge >= 0.3 is 0 Å². The van der Waals surface area contributed by atoms with E-state index in [1.165, 1.54) is 21.9 Å². The summed E-state index contributed by atoms with van der Waals surface area (Å²) in [7, 11) is 0. The van der Waals surface area contributed by atoms with Crippen LogP contribution in [0.15, 0.2) is 127 Å². The number of aromatic nitrogens is 3. The lowest BCUT2D eigenvalue weighted by Crippen LogP contribution is -2.02. The number of para-hydroxylation sites is 1. The molecule has 0 radical (unpaired) electrons. The first-order valence-corrected chi connectivity index (χ1v) is 15.2. The number of hydrogen-bond acceptors (Lipinski definition) is 2. The maximum atomic E-state index is 5.36. The van der Waals surface area contributed by atoms with Crippen molar-refractivity contribution in [2.45, 2.75) is 39.5 Å². The Morgan fingerprint density at radius 2 is 1.14 bits per heavy atom. The summed E-state index contributed by atoms with van der Waals surface area (Å²) in [5.41, 5.74) is 11.0. The third-order valence-corrected chi connectivity index (χ3v) is 8.36. The highest BCUT2D eigenvalue weighted by molar-refractivity contribution is 5.97. The van der Waals surface area contributed by atoms with Crippen molar-refractivity contribution in [1.29, 1.82) is 0 Å². The largest absolute Gasteiger partial charge is 0.292 e. The predicted octanol–water partition coefficient (Wildman–Crippen LogP) is 10.8. The third-order valence-electron chi connectivity index (χ3n) is 8.36. The number of hydrogen-bond donors (Lipinski definition) is 0. The normalized spacial score (nSPS) is 11.7. The summed E-state index contributed by atoms with van der Waals surface area (Å²) in [6.45, 7) is 9.06. The van der Waals surface area contributed by atoms with Gasteiger partial charge in [0.15, 0.2) is 0 Å². The van der Waals surface area contributed by atoms with Gasteiger partial charge in [-0.3, -0.25) is 4.57 Å². The van der Waals surface area contributed by atoms with Gasteiger partial charge in [-0.15, -0.1) is 0 Å². The lowest BCUT2D eigenvalue weighted by Gasteiger charge is -2.17. The molecule has 0 fully saturated rings. The fraction of sp³-hybridized carbons (Fsp3) is 0.150.